The van der Waals surface area contributed by atoms with Crippen LogP contribution in [0.1, 0.15) is 24.2 Å². The minimum absolute atomic E-state index is 0.0403. The molecular formula is C15H25N7O. The number of rotatable bonds is 7. The molecule has 0 saturated carbocycles. The number of likely N-dealkylation sites (N-methyl/N-ethyl adjacent to an activating group) is 1. The number of aliphatic imine (C=N–C) groups is 2. The van der Waals surface area contributed by atoms with E-state index in [1.165, 1.54) is 0 Å². The Morgan fingerprint density at radius 3 is 2.26 bits per heavy atom. The van der Waals surface area contributed by atoms with Gasteiger partial charge in [0.1, 0.15) is 0 Å². The molecule has 0 aliphatic rings. The van der Waals surface area contributed by atoms with E-state index >= 15 is 0 Å². The molecule has 8 heteroatoms. The molecule has 0 atom stereocenters. The maximum atomic E-state index is 12.0. The van der Waals surface area contributed by atoms with Gasteiger partial charge < -0.3 is 27.4 Å². The van der Waals surface area contributed by atoms with Gasteiger partial charge in [0.25, 0.3) is 5.91 Å². The van der Waals surface area contributed by atoms with Crippen molar-refractivity contribution in [3.05, 3.63) is 29.8 Å². The van der Waals surface area contributed by atoms with Crippen LogP contribution in [0, 0.1) is 0 Å². The summed E-state index contributed by atoms with van der Waals surface area (Å²) in [6.07, 6.45) is 0. The van der Waals surface area contributed by atoms with Crippen LogP contribution in [-0.2, 0) is 0 Å². The Hall–Kier alpha value is -2.61. The lowest BCUT2D eigenvalue weighted by Gasteiger charge is -2.17. The van der Waals surface area contributed by atoms with Crippen molar-refractivity contribution in [1.82, 2.24) is 10.2 Å². The zero-order valence-corrected chi connectivity index (χ0v) is 13.6. The van der Waals surface area contributed by atoms with Crippen LogP contribution in [0.2, 0.25) is 0 Å². The second-order valence-electron chi connectivity index (χ2n) is 4.84. The molecule has 0 bridgehead atoms. The second kappa shape index (κ2) is 9.42. The van der Waals surface area contributed by atoms with Crippen LogP contribution < -0.4 is 22.5 Å². The molecule has 1 aromatic rings. The third-order valence-corrected chi connectivity index (χ3v) is 3.22. The average Bonchev–Trinajstić information content (AvgIpc) is 2.51. The summed E-state index contributed by atoms with van der Waals surface area (Å²) in [6.45, 7) is 7.57. The largest absolute Gasteiger partial charge is 0.370 e. The van der Waals surface area contributed by atoms with Gasteiger partial charge in [0.15, 0.2) is 5.96 Å². The minimum Gasteiger partial charge on any atom is -0.370 e. The van der Waals surface area contributed by atoms with Crippen LogP contribution in [0.3, 0.4) is 0 Å². The molecular weight excluding hydrogens is 294 g/mol. The zero-order chi connectivity index (χ0) is 17.2. The van der Waals surface area contributed by atoms with Gasteiger partial charge in [0, 0.05) is 18.7 Å². The molecule has 0 radical (unpaired) electrons. The third kappa shape index (κ3) is 6.79. The summed E-state index contributed by atoms with van der Waals surface area (Å²) < 4.78 is 0. The van der Waals surface area contributed by atoms with Crippen molar-refractivity contribution in [3.63, 3.8) is 0 Å². The van der Waals surface area contributed by atoms with Crippen LogP contribution in [-0.4, -0.2) is 48.9 Å². The summed E-state index contributed by atoms with van der Waals surface area (Å²) in [5, 5.41) is 2.89. The molecule has 8 nitrogen and oxygen atoms in total. The van der Waals surface area contributed by atoms with E-state index in [0.29, 0.717) is 17.8 Å². The maximum absolute atomic E-state index is 12.0. The van der Waals surface area contributed by atoms with Crippen molar-refractivity contribution in [2.24, 2.45) is 27.2 Å². The number of guanidine groups is 2. The van der Waals surface area contributed by atoms with Crippen molar-refractivity contribution < 1.29 is 4.79 Å². The fourth-order valence-corrected chi connectivity index (χ4v) is 1.95. The fraction of sp³-hybridized carbons (Fsp3) is 0.400. The summed E-state index contributed by atoms with van der Waals surface area (Å²) in [5.74, 6) is -0.318. The van der Waals surface area contributed by atoms with Crippen LogP contribution in [0.5, 0.6) is 0 Å². The predicted octanol–water partition coefficient (Wildman–Crippen LogP) is -0.0222. The monoisotopic (exact) mass is 319 g/mol. The summed E-state index contributed by atoms with van der Waals surface area (Å²) >= 11 is 0. The van der Waals surface area contributed by atoms with Gasteiger partial charge in [-0.05, 0) is 37.4 Å². The average molecular weight is 319 g/mol. The molecule has 23 heavy (non-hydrogen) atoms. The molecule has 1 amide bonds. The Balaban J connectivity index is 2.59. The SMILES string of the molecule is CCN(CC)CCNC(=O)c1ccc(N=C(N)N=C(N)N)cc1. The standard InChI is InChI=1S/C15H25N7O/c1-3-22(4-2)10-9-19-13(23)11-5-7-12(8-6-11)20-15(18)21-14(16)17/h5-8H,3-4,9-10H2,1-2H3,(H,19,23)(H6,16,17,18,20,21). The lowest BCUT2D eigenvalue weighted by Crippen LogP contribution is -2.34. The Morgan fingerprint density at radius 2 is 1.74 bits per heavy atom. The normalized spacial score (nSPS) is 11.3. The van der Waals surface area contributed by atoms with Gasteiger partial charge in [-0.25, -0.2) is 4.99 Å². The fourth-order valence-electron chi connectivity index (χ4n) is 1.95. The summed E-state index contributed by atoms with van der Waals surface area (Å²) in [4.78, 5) is 21.9. The van der Waals surface area contributed by atoms with E-state index in [-0.39, 0.29) is 17.8 Å². The van der Waals surface area contributed by atoms with Crippen LogP contribution >= 0.6 is 0 Å². The molecule has 126 valence electrons. The van der Waals surface area contributed by atoms with Crippen LogP contribution in [0.4, 0.5) is 5.69 Å². The first-order chi connectivity index (χ1) is 11.0. The highest BCUT2D eigenvalue weighted by Gasteiger charge is 2.06. The van der Waals surface area contributed by atoms with Crippen LogP contribution in [0.15, 0.2) is 34.3 Å². The van der Waals surface area contributed by atoms with Crippen molar-refractivity contribution in [2.75, 3.05) is 26.2 Å². The first kappa shape index (κ1) is 18.4. The van der Waals surface area contributed by atoms with E-state index in [2.05, 4.69) is 34.0 Å². The Labute approximate surface area is 136 Å². The van der Waals surface area contributed by atoms with E-state index in [9.17, 15) is 4.79 Å². The molecule has 0 aliphatic carbocycles. The van der Waals surface area contributed by atoms with Gasteiger partial charge >= 0.3 is 0 Å². The molecule has 0 unspecified atom stereocenters. The smallest absolute Gasteiger partial charge is 0.251 e. The van der Waals surface area contributed by atoms with Gasteiger partial charge in [0.05, 0.1) is 5.69 Å². The first-order valence-electron chi connectivity index (χ1n) is 7.50. The highest BCUT2D eigenvalue weighted by Crippen LogP contribution is 2.13. The number of benzene rings is 1. The number of hydrogen-bond donors (Lipinski definition) is 4. The summed E-state index contributed by atoms with van der Waals surface area (Å²) in [7, 11) is 0. The Morgan fingerprint density at radius 1 is 1.13 bits per heavy atom. The van der Waals surface area contributed by atoms with Crippen molar-refractivity contribution in [3.8, 4) is 0 Å². The van der Waals surface area contributed by atoms with E-state index in [1.54, 1.807) is 24.3 Å². The Kier molecular flexibility index (Phi) is 7.55. The molecule has 0 heterocycles. The molecule has 1 aromatic carbocycles. The quantitative estimate of drug-likeness (QED) is 0.414. The molecule has 7 N–H and O–H groups in total. The number of nitrogens with one attached hydrogen (secondary N) is 1. The number of carbonyl (C=O) groups excluding carboxylic acids is 1. The minimum atomic E-state index is -0.157. The van der Waals surface area contributed by atoms with E-state index < -0.39 is 0 Å². The van der Waals surface area contributed by atoms with Gasteiger partial charge in [-0.3, -0.25) is 4.79 Å². The molecule has 0 spiro atoms. The Bertz CT molecular complexity index is 558. The number of nitrogens with two attached hydrogens (primary N) is 3. The molecule has 0 saturated heterocycles. The van der Waals surface area contributed by atoms with Gasteiger partial charge in [-0.15, -0.1) is 0 Å². The number of amides is 1. The van der Waals surface area contributed by atoms with Crippen molar-refractivity contribution >= 4 is 23.5 Å². The summed E-state index contributed by atoms with van der Waals surface area (Å²) in [5.41, 5.74) is 17.1. The zero-order valence-electron chi connectivity index (χ0n) is 13.6. The maximum Gasteiger partial charge on any atom is 0.251 e. The predicted molar refractivity (Wildman–Crippen MR) is 93.7 cm³/mol. The van der Waals surface area contributed by atoms with Crippen molar-refractivity contribution in [2.45, 2.75) is 13.8 Å². The number of nitrogens with zero attached hydrogens (tertiary/aromatic N) is 3. The lowest BCUT2D eigenvalue weighted by atomic mass is 10.2. The third-order valence-electron chi connectivity index (χ3n) is 3.22. The highest BCUT2D eigenvalue weighted by atomic mass is 16.1. The molecule has 0 fully saturated rings. The van der Waals surface area contributed by atoms with Crippen LogP contribution in [0.25, 0.3) is 0 Å². The molecule has 0 aromatic heterocycles. The van der Waals surface area contributed by atoms with Gasteiger partial charge in [-0.1, -0.05) is 13.8 Å². The molecule has 0 aliphatic heterocycles. The first-order valence-corrected chi connectivity index (χ1v) is 7.50. The van der Waals surface area contributed by atoms with E-state index in [1.807, 2.05) is 0 Å². The van der Waals surface area contributed by atoms with E-state index in [0.717, 1.165) is 19.6 Å². The van der Waals surface area contributed by atoms with E-state index in [4.69, 9.17) is 17.2 Å². The van der Waals surface area contributed by atoms with Gasteiger partial charge in [-0.2, -0.15) is 4.99 Å². The number of carbonyl (C=O) groups is 1. The lowest BCUT2D eigenvalue weighted by molar-refractivity contribution is 0.0949. The molecule has 1 rings (SSSR count). The van der Waals surface area contributed by atoms with Gasteiger partial charge in [0.2, 0.25) is 5.96 Å². The van der Waals surface area contributed by atoms with Crippen molar-refractivity contribution in [1.29, 1.82) is 0 Å². The second-order valence-corrected chi connectivity index (χ2v) is 4.84. The number of hydrogen-bond acceptors (Lipinski definition) is 3. The summed E-state index contributed by atoms with van der Waals surface area (Å²) in [6, 6.07) is 6.70. The highest BCUT2D eigenvalue weighted by molar-refractivity contribution is 5.95. The topological polar surface area (TPSA) is 135 Å².